The fourth-order valence-corrected chi connectivity index (χ4v) is 3.84. The van der Waals surface area contributed by atoms with E-state index in [0.717, 1.165) is 31.5 Å². The highest BCUT2D eigenvalue weighted by Crippen LogP contribution is 2.45. The van der Waals surface area contributed by atoms with E-state index < -0.39 is 5.60 Å². The molecule has 2 fully saturated rings. The quantitative estimate of drug-likeness (QED) is 0.749. The molecule has 3 rings (SSSR count). The molecule has 112 valence electrons. The van der Waals surface area contributed by atoms with Gasteiger partial charge in [-0.15, -0.1) is 0 Å². The molecule has 1 saturated heterocycles. The Morgan fingerprint density at radius 1 is 1.30 bits per heavy atom. The predicted molar refractivity (Wildman–Crippen MR) is 78.4 cm³/mol. The average Bonchev–Trinajstić information content (AvgIpc) is 2.99. The van der Waals surface area contributed by atoms with Crippen LogP contribution < -0.4 is 5.32 Å². The number of amides is 1. The second-order valence-electron chi connectivity index (χ2n) is 7.43. The first-order valence-electron chi connectivity index (χ1n) is 7.82. The van der Waals surface area contributed by atoms with Crippen LogP contribution >= 0.6 is 0 Å². The molecule has 4 nitrogen and oxygen atoms in total. The standard InChI is InChI=1S/C16H26N2O2/c1-16(2,3)20-15(19)18-7-6-17-14(10-18)13-9-11-4-5-12(13)8-11/h4-5,11-14,17H,6-10H2,1-3H3. The van der Waals surface area contributed by atoms with Crippen molar-refractivity contribution < 1.29 is 9.53 Å². The maximum Gasteiger partial charge on any atom is 0.410 e. The lowest BCUT2D eigenvalue weighted by Crippen LogP contribution is -2.56. The van der Waals surface area contributed by atoms with Crippen molar-refractivity contribution in [2.45, 2.75) is 45.3 Å². The lowest BCUT2D eigenvalue weighted by atomic mass is 9.86. The lowest BCUT2D eigenvalue weighted by molar-refractivity contribution is 0.0165. The van der Waals surface area contributed by atoms with E-state index in [-0.39, 0.29) is 6.09 Å². The summed E-state index contributed by atoms with van der Waals surface area (Å²) in [4.78, 5) is 14.1. The minimum Gasteiger partial charge on any atom is -0.444 e. The summed E-state index contributed by atoms with van der Waals surface area (Å²) in [6.45, 7) is 8.18. The summed E-state index contributed by atoms with van der Waals surface area (Å²) in [6, 6.07) is 0.427. The van der Waals surface area contributed by atoms with Gasteiger partial charge in [-0.2, -0.15) is 0 Å². The maximum atomic E-state index is 12.2. The molecule has 1 aliphatic heterocycles. The Kier molecular flexibility index (Phi) is 3.53. The van der Waals surface area contributed by atoms with Crippen LogP contribution in [0.25, 0.3) is 0 Å². The molecule has 0 radical (unpaired) electrons. The third-order valence-electron chi connectivity index (χ3n) is 4.70. The largest absolute Gasteiger partial charge is 0.444 e. The van der Waals surface area contributed by atoms with Crippen molar-refractivity contribution in [3.05, 3.63) is 12.2 Å². The van der Waals surface area contributed by atoms with Crippen molar-refractivity contribution in [3.63, 3.8) is 0 Å². The molecule has 2 bridgehead atoms. The van der Waals surface area contributed by atoms with Crippen LogP contribution in [0.4, 0.5) is 4.79 Å². The Balaban J connectivity index is 1.59. The van der Waals surface area contributed by atoms with Gasteiger partial charge in [-0.05, 0) is 51.4 Å². The van der Waals surface area contributed by atoms with Gasteiger partial charge in [0.25, 0.3) is 0 Å². The number of fused-ring (bicyclic) bond motifs is 2. The zero-order valence-corrected chi connectivity index (χ0v) is 12.8. The van der Waals surface area contributed by atoms with E-state index >= 15 is 0 Å². The van der Waals surface area contributed by atoms with Crippen molar-refractivity contribution in [3.8, 4) is 0 Å². The molecule has 0 spiro atoms. The van der Waals surface area contributed by atoms with Crippen LogP contribution in [-0.4, -0.2) is 42.3 Å². The normalized spacial score (nSPS) is 36.5. The number of rotatable bonds is 1. The van der Waals surface area contributed by atoms with Crippen LogP contribution in [0.2, 0.25) is 0 Å². The number of carbonyl (C=O) groups excluding carboxylic acids is 1. The van der Waals surface area contributed by atoms with E-state index in [1.54, 1.807) is 0 Å². The van der Waals surface area contributed by atoms with Crippen molar-refractivity contribution in [1.29, 1.82) is 0 Å². The van der Waals surface area contributed by atoms with E-state index in [2.05, 4.69) is 17.5 Å². The monoisotopic (exact) mass is 278 g/mol. The molecule has 4 atom stereocenters. The number of piperazine rings is 1. The molecule has 20 heavy (non-hydrogen) atoms. The molecule has 3 aliphatic rings. The van der Waals surface area contributed by atoms with Crippen molar-refractivity contribution in [1.82, 2.24) is 10.2 Å². The van der Waals surface area contributed by atoms with Gasteiger partial charge in [0, 0.05) is 25.7 Å². The Labute approximate surface area is 121 Å². The molecule has 0 aromatic rings. The number of allylic oxidation sites excluding steroid dienone is 2. The van der Waals surface area contributed by atoms with Gasteiger partial charge in [0.15, 0.2) is 0 Å². The summed E-state index contributed by atoms with van der Waals surface area (Å²) in [5.41, 5.74) is -0.410. The number of hydrogen-bond acceptors (Lipinski definition) is 3. The number of ether oxygens (including phenoxy) is 1. The zero-order valence-electron chi connectivity index (χ0n) is 12.8. The summed E-state index contributed by atoms with van der Waals surface area (Å²) in [7, 11) is 0. The highest BCUT2D eigenvalue weighted by molar-refractivity contribution is 5.68. The summed E-state index contributed by atoms with van der Waals surface area (Å²) in [5, 5.41) is 3.61. The van der Waals surface area contributed by atoms with Gasteiger partial charge >= 0.3 is 6.09 Å². The SMILES string of the molecule is CC(C)(C)OC(=O)N1CCNC(C2CC3C=CC2C3)C1. The molecular weight excluding hydrogens is 252 g/mol. The van der Waals surface area contributed by atoms with Crippen molar-refractivity contribution >= 4 is 6.09 Å². The van der Waals surface area contributed by atoms with Crippen molar-refractivity contribution in [2.75, 3.05) is 19.6 Å². The molecule has 2 aliphatic carbocycles. The molecular formula is C16H26N2O2. The Morgan fingerprint density at radius 2 is 2.10 bits per heavy atom. The van der Waals surface area contributed by atoms with Gasteiger partial charge in [0.1, 0.15) is 5.60 Å². The Morgan fingerprint density at radius 3 is 2.70 bits per heavy atom. The molecule has 1 saturated carbocycles. The van der Waals surface area contributed by atoms with E-state index in [4.69, 9.17) is 4.74 Å². The summed E-state index contributed by atoms with van der Waals surface area (Å²) >= 11 is 0. The molecule has 0 aromatic carbocycles. The van der Waals surface area contributed by atoms with Crippen LogP contribution in [0.3, 0.4) is 0 Å². The minimum absolute atomic E-state index is 0.164. The first kappa shape index (κ1) is 13.9. The number of nitrogens with one attached hydrogen (secondary N) is 1. The molecule has 4 heteroatoms. The van der Waals surface area contributed by atoms with Crippen LogP contribution in [-0.2, 0) is 4.74 Å². The number of nitrogens with zero attached hydrogens (tertiary/aromatic N) is 1. The maximum absolute atomic E-state index is 12.2. The number of hydrogen-bond donors (Lipinski definition) is 1. The molecule has 4 unspecified atom stereocenters. The molecule has 1 amide bonds. The average molecular weight is 278 g/mol. The second kappa shape index (κ2) is 5.06. The van der Waals surface area contributed by atoms with E-state index in [9.17, 15) is 4.79 Å². The summed E-state index contributed by atoms with van der Waals surface area (Å²) in [6.07, 6.45) is 7.18. The van der Waals surface area contributed by atoms with Gasteiger partial charge in [-0.3, -0.25) is 0 Å². The smallest absolute Gasteiger partial charge is 0.410 e. The minimum atomic E-state index is -0.410. The first-order valence-corrected chi connectivity index (χ1v) is 7.82. The molecule has 0 aromatic heterocycles. The third-order valence-corrected chi connectivity index (χ3v) is 4.70. The van der Waals surface area contributed by atoms with Gasteiger partial charge in [-0.25, -0.2) is 4.79 Å². The fourth-order valence-electron chi connectivity index (χ4n) is 3.84. The van der Waals surface area contributed by atoms with Crippen molar-refractivity contribution in [2.24, 2.45) is 17.8 Å². The van der Waals surface area contributed by atoms with E-state index in [1.165, 1.54) is 12.8 Å². The van der Waals surface area contributed by atoms with Gasteiger partial charge in [0.05, 0.1) is 0 Å². The first-order chi connectivity index (χ1) is 9.42. The summed E-state index contributed by atoms with van der Waals surface area (Å²) in [5.74, 6) is 2.19. The van der Waals surface area contributed by atoms with E-state index in [0.29, 0.717) is 12.0 Å². The Hall–Kier alpha value is -1.03. The van der Waals surface area contributed by atoms with Crippen LogP contribution in [0.15, 0.2) is 12.2 Å². The highest BCUT2D eigenvalue weighted by Gasteiger charge is 2.42. The van der Waals surface area contributed by atoms with Crippen LogP contribution in [0.5, 0.6) is 0 Å². The second-order valence-corrected chi connectivity index (χ2v) is 7.43. The fraction of sp³-hybridized carbons (Fsp3) is 0.812. The Bertz CT molecular complexity index is 413. The van der Waals surface area contributed by atoms with Gasteiger partial charge < -0.3 is 15.0 Å². The van der Waals surface area contributed by atoms with Crippen LogP contribution in [0.1, 0.15) is 33.6 Å². The lowest BCUT2D eigenvalue weighted by Gasteiger charge is -2.39. The highest BCUT2D eigenvalue weighted by atomic mass is 16.6. The van der Waals surface area contributed by atoms with Crippen LogP contribution in [0, 0.1) is 17.8 Å². The zero-order chi connectivity index (χ0) is 14.3. The van der Waals surface area contributed by atoms with Gasteiger partial charge in [0.2, 0.25) is 0 Å². The molecule has 1 heterocycles. The number of carbonyl (C=O) groups is 1. The molecule has 1 N–H and O–H groups in total. The van der Waals surface area contributed by atoms with E-state index in [1.807, 2.05) is 25.7 Å². The summed E-state index contributed by atoms with van der Waals surface area (Å²) < 4.78 is 5.50. The third kappa shape index (κ3) is 2.85. The van der Waals surface area contributed by atoms with Gasteiger partial charge in [-0.1, -0.05) is 12.2 Å². The predicted octanol–water partition coefficient (Wildman–Crippen LogP) is 2.41. The topological polar surface area (TPSA) is 41.6 Å².